The molecule has 6 amide bonds. The second-order valence-corrected chi connectivity index (χ2v) is 17.3. The Morgan fingerprint density at radius 2 is 1.23 bits per heavy atom. The van der Waals surface area contributed by atoms with E-state index >= 15 is 0 Å². The number of thiol groups is 1. The smallest absolute Gasteiger partial charge is 0.327 e. The summed E-state index contributed by atoms with van der Waals surface area (Å²) in [5.74, 6) is -10.7. The minimum Gasteiger partial charge on any atom is -0.481 e. The van der Waals surface area contributed by atoms with Gasteiger partial charge in [-0.15, -0.1) is 0 Å². The third kappa shape index (κ3) is 22.7. The molecule has 2 aromatic rings. The Balaban J connectivity index is 2.16. The van der Waals surface area contributed by atoms with E-state index < -0.39 is 115 Å². The Morgan fingerprint density at radius 1 is 0.644 bits per heavy atom. The van der Waals surface area contributed by atoms with E-state index in [9.17, 15) is 72.9 Å². The largest absolute Gasteiger partial charge is 0.481 e. The molecule has 2 unspecified atom stereocenters. The van der Waals surface area contributed by atoms with Gasteiger partial charge in [0.15, 0.2) is 12.0 Å². The lowest BCUT2D eigenvalue weighted by atomic mass is 9.89. The number of unbranched alkanes of at least 4 members (excludes halogenated alkanes) is 1. The second-order valence-electron chi connectivity index (χ2n) is 16.9. The highest BCUT2D eigenvalue weighted by atomic mass is 32.1. The van der Waals surface area contributed by atoms with Crippen LogP contribution in [0.4, 0.5) is 4.79 Å². The van der Waals surface area contributed by atoms with Crippen molar-refractivity contribution in [3.63, 3.8) is 0 Å². The molecule has 0 aromatic heterocycles. The van der Waals surface area contributed by atoms with Crippen molar-refractivity contribution >= 4 is 84.2 Å². The number of carboxylic acids is 4. The van der Waals surface area contributed by atoms with Gasteiger partial charge in [-0.25, -0.2) is 14.4 Å². The summed E-state index contributed by atoms with van der Waals surface area (Å²) in [6, 6.07) is 9.57. The van der Waals surface area contributed by atoms with Gasteiger partial charge < -0.3 is 61.5 Å². The molecular formula is C48H65N7O17S. The van der Waals surface area contributed by atoms with Crippen LogP contribution in [0.15, 0.2) is 60.7 Å². The molecule has 0 bridgehead atoms. The summed E-state index contributed by atoms with van der Waals surface area (Å²) in [5.41, 5.74) is 1.39. The molecule has 0 aliphatic rings. The number of Topliss-reactive ketones (excluding diaryl/α,β-unsaturated/α-hetero) is 2. The van der Waals surface area contributed by atoms with Gasteiger partial charge in [-0.2, -0.15) is 12.6 Å². The molecule has 400 valence electrons. The van der Waals surface area contributed by atoms with E-state index in [4.69, 9.17) is 5.11 Å². The number of likely N-dealkylation sites (N-methyl/N-ethyl adjacent to an activating group) is 3. The number of nitrogens with zero attached hydrogens (tertiary/aromatic N) is 2. The van der Waals surface area contributed by atoms with Crippen LogP contribution in [0, 0.1) is 5.92 Å². The SMILES string of the molecule is CN[C@@H](CNC(=O)[C@@H](CC(=O)[C@H](Cc1ccccc1)NC(=O)CCCCC(=O)CC[C@H](NC(=O)N[C@@H](CCC(=O)O)OC=O)C(=O)O)Cc1ccccc1)C(=O)N(C)C(CC(=O)O)C(=O)N(C)C(CS)C(=O)O. The zero-order chi connectivity index (χ0) is 54.6. The van der Waals surface area contributed by atoms with E-state index in [1.54, 1.807) is 60.7 Å². The van der Waals surface area contributed by atoms with Crippen molar-refractivity contribution in [1.82, 2.24) is 36.4 Å². The van der Waals surface area contributed by atoms with E-state index in [0.29, 0.717) is 11.1 Å². The van der Waals surface area contributed by atoms with Crippen molar-refractivity contribution in [2.75, 3.05) is 33.4 Å². The highest BCUT2D eigenvalue weighted by Gasteiger charge is 2.38. The number of amides is 6. The van der Waals surface area contributed by atoms with Crippen molar-refractivity contribution in [1.29, 1.82) is 0 Å². The van der Waals surface area contributed by atoms with Crippen molar-refractivity contribution in [2.24, 2.45) is 5.92 Å². The predicted molar refractivity (Wildman–Crippen MR) is 262 cm³/mol. The Hall–Kier alpha value is -7.41. The molecule has 0 aliphatic carbocycles. The summed E-state index contributed by atoms with van der Waals surface area (Å²) in [6.45, 7) is -0.390. The number of aliphatic carboxylic acids is 4. The summed E-state index contributed by atoms with van der Waals surface area (Å²) in [4.78, 5) is 152. The molecule has 2 rings (SSSR count). The molecule has 2 aromatic carbocycles. The van der Waals surface area contributed by atoms with Gasteiger partial charge in [0.1, 0.15) is 30.0 Å². The van der Waals surface area contributed by atoms with Crippen molar-refractivity contribution in [2.45, 2.75) is 113 Å². The summed E-state index contributed by atoms with van der Waals surface area (Å²) < 4.78 is 4.62. The van der Waals surface area contributed by atoms with Crippen LogP contribution in [0.3, 0.4) is 0 Å². The fraction of sp³-hybridized carbons (Fsp3) is 0.500. The first-order valence-electron chi connectivity index (χ1n) is 23.2. The molecule has 0 heterocycles. The number of ether oxygens (including phenoxy) is 1. The van der Waals surface area contributed by atoms with Crippen LogP contribution in [0.5, 0.6) is 0 Å². The average Bonchev–Trinajstić information content (AvgIpc) is 3.34. The van der Waals surface area contributed by atoms with Gasteiger partial charge >= 0.3 is 29.9 Å². The Kier molecular flexibility index (Phi) is 27.5. The molecule has 0 fully saturated rings. The van der Waals surface area contributed by atoms with E-state index in [-0.39, 0.29) is 88.8 Å². The van der Waals surface area contributed by atoms with Crippen LogP contribution in [-0.2, 0) is 70.3 Å². The van der Waals surface area contributed by atoms with Gasteiger partial charge in [0.2, 0.25) is 23.6 Å². The highest BCUT2D eigenvalue weighted by molar-refractivity contribution is 7.80. The average molecular weight is 1040 g/mol. The minimum absolute atomic E-state index is 0.00926. The van der Waals surface area contributed by atoms with Gasteiger partial charge in [-0.3, -0.25) is 43.2 Å². The number of nitrogens with one attached hydrogen (secondary N) is 5. The van der Waals surface area contributed by atoms with E-state index in [1.807, 2.05) is 0 Å². The van der Waals surface area contributed by atoms with E-state index in [2.05, 4.69) is 43.9 Å². The van der Waals surface area contributed by atoms with Gasteiger partial charge in [-0.1, -0.05) is 60.7 Å². The number of carboxylic acid groups (broad SMARTS) is 4. The number of benzene rings is 2. The second kappa shape index (κ2) is 32.5. The number of carbonyl (C=O) groups excluding carboxylic acids is 8. The Bertz CT molecular complexity index is 2220. The topological polar surface area (TPSA) is 362 Å². The molecule has 0 saturated heterocycles. The number of carbonyl (C=O) groups is 12. The van der Waals surface area contributed by atoms with Gasteiger partial charge in [0, 0.05) is 64.4 Å². The van der Waals surface area contributed by atoms with Crippen LogP contribution in [0.25, 0.3) is 0 Å². The molecule has 73 heavy (non-hydrogen) atoms. The lowest BCUT2D eigenvalue weighted by Gasteiger charge is -2.34. The van der Waals surface area contributed by atoms with Crippen molar-refractivity contribution < 1.29 is 82.7 Å². The Morgan fingerprint density at radius 3 is 1.77 bits per heavy atom. The fourth-order valence-electron chi connectivity index (χ4n) is 7.41. The summed E-state index contributed by atoms with van der Waals surface area (Å²) in [7, 11) is 3.72. The lowest BCUT2D eigenvalue weighted by molar-refractivity contribution is -0.154. The first-order chi connectivity index (χ1) is 34.6. The zero-order valence-electron chi connectivity index (χ0n) is 40.7. The number of urea groups is 1. The fourth-order valence-corrected chi connectivity index (χ4v) is 7.81. The summed E-state index contributed by atoms with van der Waals surface area (Å²) in [6.07, 6.45) is -3.51. The van der Waals surface area contributed by atoms with E-state index in [1.165, 1.54) is 14.1 Å². The van der Waals surface area contributed by atoms with Crippen LogP contribution in [0.2, 0.25) is 0 Å². The molecular weight excluding hydrogens is 979 g/mol. The molecule has 0 radical (unpaired) electrons. The lowest BCUT2D eigenvalue weighted by Crippen LogP contribution is -2.58. The first kappa shape index (κ1) is 61.7. The maximum absolute atomic E-state index is 14.2. The quantitative estimate of drug-likeness (QED) is 0.0191. The molecule has 9 N–H and O–H groups in total. The number of hydrogen-bond donors (Lipinski definition) is 10. The molecule has 0 spiro atoms. The predicted octanol–water partition coefficient (Wildman–Crippen LogP) is 0.405. The third-order valence-electron chi connectivity index (χ3n) is 11.6. The number of rotatable bonds is 36. The standard InChI is InChI=1S/C48H65N7O17S/c1-49-35(44(65)54(2)36(25-42(62)63)45(66)55(3)37(27-73)47(69)70)26-50-43(64)31(22-29-12-6-4-7-13-29)24-38(58)34(23-30-14-8-5-9-15-30)51-39(59)17-11-10-16-32(57)18-19-33(46(67)68)52-48(71)53-40(72-28-56)20-21-41(60)61/h4-9,12-15,28,31,33-37,40,49,73H,10-11,16-27H2,1-3H3,(H,50,64)(H,51,59)(H,60,61)(H,62,63)(H,67,68)(H,69,70)(H2,52,53,71)/t31-,33+,34+,35+,36?,37?,40-/m1/s1. The van der Waals surface area contributed by atoms with Crippen LogP contribution in [0.1, 0.15) is 75.3 Å². The van der Waals surface area contributed by atoms with Crippen molar-refractivity contribution in [3.05, 3.63) is 71.8 Å². The molecule has 24 nitrogen and oxygen atoms in total. The molecule has 25 heteroatoms. The summed E-state index contributed by atoms with van der Waals surface area (Å²) >= 11 is 3.98. The van der Waals surface area contributed by atoms with Crippen molar-refractivity contribution in [3.8, 4) is 0 Å². The van der Waals surface area contributed by atoms with Gasteiger partial charge in [0.25, 0.3) is 6.47 Å². The normalized spacial score (nSPS) is 13.7. The highest BCUT2D eigenvalue weighted by Crippen LogP contribution is 2.18. The van der Waals surface area contributed by atoms with Crippen LogP contribution < -0.4 is 26.6 Å². The zero-order valence-corrected chi connectivity index (χ0v) is 41.6. The maximum atomic E-state index is 14.2. The number of hydrogen-bond acceptors (Lipinski definition) is 15. The molecule has 0 aliphatic heterocycles. The minimum atomic E-state index is -1.63. The van der Waals surface area contributed by atoms with E-state index in [0.717, 1.165) is 16.8 Å². The maximum Gasteiger partial charge on any atom is 0.327 e. The Labute approximate surface area is 426 Å². The third-order valence-corrected chi connectivity index (χ3v) is 11.9. The van der Waals surface area contributed by atoms with Crippen LogP contribution in [-0.4, -0.2) is 172 Å². The van der Waals surface area contributed by atoms with Gasteiger partial charge in [-0.05, 0) is 50.3 Å². The monoisotopic (exact) mass is 1040 g/mol. The molecule has 0 saturated carbocycles. The first-order valence-corrected chi connectivity index (χ1v) is 23.8. The number of ketones is 2. The summed E-state index contributed by atoms with van der Waals surface area (Å²) in [5, 5.41) is 50.1. The van der Waals surface area contributed by atoms with Gasteiger partial charge in [0.05, 0.1) is 18.9 Å². The molecule has 7 atom stereocenters. The van der Waals surface area contributed by atoms with Crippen LogP contribution >= 0.6 is 12.6 Å².